The van der Waals surface area contributed by atoms with Gasteiger partial charge in [0, 0.05) is 23.9 Å². The standard InChI is InChI=1S/C9H14N2OS/c1-2-8-11-9-6(5-12)3-10-4-7(9)13-8/h6,10,12H,2-5H2,1H3. The Balaban J connectivity index is 2.32. The summed E-state index contributed by atoms with van der Waals surface area (Å²) in [4.78, 5) is 5.85. The number of nitrogens with one attached hydrogen (secondary N) is 1. The molecule has 0 aliphatic carbocycles. The van der Waals surface area contributed by atoms with Crippen LogP contribution in [0.1, 0.15) is 28.4 Å². The first-order chi connectivity index (χ1) is 6.35. The first-order valence-corrected chi connectivity index (χ1v) is 5.46. The highest BCUT2D eigenvalue weighted by Gasteiger charge is 2.23. The van der Waals surface area contributed by atoms with Crippen LogP contribution >= 0.6 is 11.3 Å². The van der Waals surface area contributed by atoms with Crippen molar-refractivity contribution >= 4 is 11.3 Å². The van der Waals surface area contributed by atoms with Gasteiger partial charge in [0.05, 0.1) is 17.3 Å². The Labute approximate surface area is 81.8 Å². The molecule has 4 heteroatoms. The van der Waals surface area contributed by atoms with Gasteiger partial charge < -0.3 is 10.4 Å². The van der Waals surface area contributed by atoms with Gasteiger partial charge in [0.25, 0.3) is 0 Å². The Hall–Kier alpha value is -0.450. The average molecular weight is 198 g/mol. The van der Waals surface area contributed by atoms with E-state index < -0.39 is 0 Å². The number of aliphatic hydroxyl groups excluding tert-OH is 1. The molecule has 0 radical (unpaired) electrons. The van der Waals surface area contributed by atoms with Crippen molar-refractivity contribution in [3.05, 3.63) is 15.6 Å². The molecule has 1 atom stereocenters. The van der Waals surface area contributed by atoms with E-state index in [1.165, 1.54) is 9.88 Å². The monoisotopic (exact) mass is 198 g/mol. The highest BCUT2D eigenvalue weighted by Crippen LogP contribution is 2.28. The van der Waals surface area contributed by atoms with E-state index in [1.807, 2.05) is 0 Å². The van der Waals surface area contributed by atoms with E-state index in [0.717, 1.165) is 25.2 Å². The number of fused-ring (bicyclic) bond motifs is 1. The molecule has 0 spiro atoms. The number of nitrogens with zero attached hydrogens (tertiary/aromatic N) is 1. The quantitative estimate of drug-likeness (QED) is 0.741. The van der Waals surface area contributed by atoms with Gasteiger partial charge >= 0.3 is 0 Å². The molecule has 0 fully saturated rings. The Morgan fingerprint density at radius 2 is 2.54 bits per heavy atom. The maximum Gasteiger partial charge on any atom is 0.0929 e. The minimum atomic E-state index is 0.201. The second-order valence-electron chi connectivity index (χ2n) is 3.28. The summed E-state index contributed by atoms with van der Waals surface area (Å²) in [6.07, 6.45) is 0.996. The van der Waals surface area contributed by atoms with E-state index in [4.69, 9.17) is 5.11 Å². The summed E-state index contributed by atoms with van der Waals surface area (Å²) in [6, 6.07) is 0. The predicted octanol–water partition coefficient (Wildman–Crippen LogP) is 0.885. The van der Waals surface area contributed by atoms with Crippen molar-refractivity contribution in [3.8, 4) is 0 Å². The molecule has 13 heavy (non-hydrogen) atoms. The van der Waals surface area contributed by atoms with E-state index >= 15 is 0 Å². The van der Waals surface area contributed by atoms with Crippen LogP contribution in [0.2, 0.25) is 0 Å². The highest BCUT2D eigenvalue weighted by atomic mass is 32.1. The summed E-state index contributed by atoms with van der Waals surface area (Å²) < 4.78 is 0. The van der Waals surface area contributed by atoms with Gasteiger partial charge in [0.15, 0.2) is 0 Å². The van der Waals surface area contributed by atoms with Gasteiger partial charge in [0.2, 0.25) is 0 Å². The Bertz CT molecular complexity index is 298. The van der Waals surface area contributed by atoms with Crippen molar-refractivity contribution in [2.75, 3.05) is 13.2 Å². The fourth-order valence-corrected chi connectivity index (χ4v) is 2.68. The molecule has 2 heterocycles. The molecule has 1 unspecified atom stereocenters. The fourth-order valence-electron chi connectivity index (χ4n) is 1.62. The van der Waals surface area contributed by atoms with Crippen LogP contribution < -0.4 is 5.32 Å². The number of hydrogen-bond acceptors (Lipinski definition) is 4. The van der Waals surface area contributed by atoms with Gasteiger partial charge in [-0.25, -0.2) is 4.98 Å². The van der Waals surface area contributed by atoms with Crippen molar-refractivity contribution in [2.45, 2.75) is 25.8 Å². The summed E-state index contributed by atoms with van der Waals surface area (Å²) in [5.41, 5.74) is 1.13. The molecular weight excluding hydrogens is 184 g/mol. The van der Waals surface area contributed by atoms with Crippen LogP contribution in [0, 0.1) is 0 Å². The second-order valence-corrected chi connectivity index (χ2v) is 4.45. The van der Waals surface area contributed by atoms with Crippen LogP contribution in [-0.4, -0.2) is 23.2 Å². The van der Waals surface area contributed by atoms with Gasteiger partial charge in [-0.2, -0.15) is 0 Å². The summed E-state index contributed by atoms with van der Waals surface area (Å²) in [6.45, 7) is 4.10. The molecule has 3 nitrogen and oxygen atoms in total. The van der Waals surface area contributed by atoms with Gasteiger partial charge in [-0.1, -0.05) is 6.92 Å². The molecule has 0 saturated carbocycles. The lowest BCUT2D eigenvalue weighted by Crippen LogP contribution is -2.29. The summed E-state index contributed by atoms with van der Waals surface area (Å²) in [5, 5.41) is 13.6. The third-order valence-electron chi connectivity index (χ3n) is 2.36. The highest BCUT2D eigenvalue weighted by molar-refractivity contribution is 7.11. The molecule has 1 aromatic heterocycles. The first-order valence-electron chi connectivity index (χ1n) is 4.65. The maximum absolute atomic E-state index is 9.14. The molecule has 72 valence electrons. The number of aryl methyl sites for hydroxylation is 1. The Morgan fingerprint density at radius 3 is 3.23 bits per heavy atom. The normalized spacial score (nSPS) is 21.5. The smallest absolute Gasteiger partial charge is 0.0929 e. The van der Waals surface area contributed by atoms with E-state index in [0.29, 0.717) is 0 Å². The number of rotatable bonds is 2. The summed E-state index contributed by atoms with van der Waals surface area (Å²) in [7, 11) is 0. The third-order valence-corrected chi connectivity index (χ3v) is 3.57. The van der Waals surface area contributed by atoms with Gasteiger partial charge in [0.1, 0.15) is 0 Å². The lowest BCUT2D eigenvalue weighted by Gasteiger charge is -2.19. The van der Waals surface area contributed by atoms with Crippen LogP contribution in [0.5, 0.6) is 0 Å². The van der Waals surface area contributed by atoms with E-state index in [1.54, 1.807) is 11.3 Å². The van der Waals surface area contributed by atoms with E-state index in [2.05, 4.69) is 17.2 Å². The first kappa shape index (κ1) is 9.12. The largest absolute Gasteiger partial charge is 0.396 e. The molecule has 1 aliphatic rings. The molecule has 0 bridgehead atoms. The SMILES string of the molecule is CCc1nc2c(s1)CNCC2CO. The van der Waals surface area contributed by atoms with Gasteiger partial charge in [-0.15, -0.1) is 11.3 Å². The van der Waals surface area contributed by atoms with Crippen molar-refractivity contribution in [1.82, 2.24) is 10.3 Å². The molecule has 0 amide bonds. The van der Waals surface area contributed by atoms with Crippen LogP contribution in [0.3, 0.4) is 0 Å². The molecule has 0 aromatic carbocycles. The van der Waals surface area contributed by atoms with Gasteiger partial charge in [-0.05, 0) is 6.42 Å². The second kappa shape index (κ2) is 3.74. The molecule has 2 N–H and O–H groups in total. The van der Waals surface area contributed by atoms with E-state index in [9.17, 15) is 0 Å². The fraction of sp³-hybridized carbons (Fsp3) is 0.667. The Kier molecular flexibility index (Phi) is 2.62. The van der Waals surface area contributed by atoms with Crippen LogP contribution in [0.4, 0.5) is 0 Å². The minimum Gasteiger partial charge on any atom is -0.396 e. The number of aliphatic hydroxyl groups is 1. The summed E-state index contributed by atoms with van der Waals surface area (Å²) >= 11 is 1.77. The zero-order valence-electron chi connectivity index (χ0n) is 7.71. The lowest BCUT2D eigenvalue weighted by molar-refractivity contribution is 0.254. The van der Waals surface area contributed by atoms with Crippen LogP contribution in [0.25, 0.3) is 0 Å². The Morgan fingerprint density at radius 1 is 1.69 bits per heavy atom. The van der Waals surface area contributed by atoms with Crippen molar-refractivity contribution in [3.63, 3.8) is 0 Å². The molecule has 2 rings (SSSR count). The number of hydrogen-bond donors (Lipinski definition) is 2. The molecule has 1 aliphatic heterocycles. The van der Waals surface area contributed by atoms with Crippen LogP contribution in [0.15, 0.2) is 0 Å². The average Bonchev–Trinajstić information content (AvgIpc) is 2.59. The topological polar surface area (TPSA) is 45.2 Å². The summed E-state index contributed by atoms with van der Waals surface area (Å²) in [5.74, 6) is 0.209. The lowest BCUT2D eigenvalue weighted by atomic mass is 10.0. The minimum absolute atomic E-state index is 0.201. The molecular formula is C9H14N2OS. The predicted molar refractivity (Wildman–Crippen MR) is 53.0 cm³/mol. The van der Waals surface area contributed by atoms with Crippen molar-refractivity contribution in [1.29, 1.82) is 0 Å². The molecule has 0 saturated heterocycles. The van der Waals surface area contributed by atoms with Crippen molar-refractivity contribution in [2.24, 2.45) is 0 Å². The maximum atomic E-state index is 9.14. The van der Waals surface area contributed by atoms with Crippen molar-refractivity contribution < 1.29 is 5.11 Å². The van der Waals surface area contributed by atoms with Crippen LogP contribution in [-0.2, 0) is 13.0 Å². The molecule has 1 aromatic rings. The number of thiazole rings is 1. The zero-order valence-corrected chi connectivity index (χ0v) is 8.52. The zero-order chi connectivity index (χ0) is 9.26. The number of aromatic nitrogens is 1. The third kappa shape index (κ3) is 1.61. The van der Waals surface area contributed by atoms with Gasteiger partial charge in [-0.3, -0.25) is 0 Å². The van der Waals surface area contributed by atoms with E-state index in [-0.39, 0.29) is 12.5 Å².